The molecule has 4 heteroatoms. The number of aliphatic carboxylic acids is 1. The molecular weight excluding hydrogens is 173 g/mol. The van der Waals surface area contributed by atoms with Gasteiger partial charge >= 0.3 is 5.97 Å². The summed E-state index contributed by atoms with van der Waals surface area (Å²) >= 11 is 0. The van der Waals surface area contributed by atoms with Gasteiger partial charge in [-0.25, -0.2) is 4.39 Å². The number of hydrogen-bond donors (Lipinski definition) is 2. The number of carboxylic acid groups (broad SMARTS) is 1. The SMILES string of the molecule is CNC(C(=O)O)c1ccc(F)cc1. The first kappa shape index (κ1) is 9.67. The van der Waals surface area contributed by atoms with Gasteiger partial charge in [0.05, 0.1) is 0 Å². The molecule has 0 saturated heterocycles. The molecule has 1 rings (SSSR count). The van der Waals surface area contributed by atoms with Crippen molar-refractivity contribution >= 4 is 5.97 Å². The molecule has 2 N–H and O–H groups in total. The summed E-state index contributed by atoms with van der Waals surface area (Å²) in [6, 6.07) is 4.60. The lowest BCUT2D eigenvalue weighted by Gasteiger charge is -2.10. The van der Waals surface area contributed by atoms with Gasteiger partial charge in [0, 0.05) is 0 Å². The zero-order valence-electron chi connectivity index (χ0n) is 7.12. The maximum Gasteiger partial charge on any atom is 0.325 e. The third-order valence-electron chi connectivity index (χ3n) is 1.74. The zero-order valence-corrected chi connectivity index (χ0v) is 7.12. The molecule has 1 aromatic rings. The van der Waals surface area contributed by atoms with E-state index in [9.17, 15) is 9.18 Å². The summed E-state index contributed by atoms with van der Waals surface area (Å²) in [5.41, 5.74) is 0.538. The van der Waals surface area contributed by atoms with Gasteiger partial charge in [0.1, 0.15) is 11.9 Å². The summed E-state index contributed by atoms with van der Waals surface area (Å²) < 4.78 is 12.5. The van der Waals surface area contributed by atoms with Gasteiger partial charge in [0.15, 0.2) is 0 Å². The van der Waals surface area contributed by atoms with Crippen molar-refractivity contribution in [3.8, 4) is 0 Å². The van der Waals surface area contributed by atoms with Crippen molar-refractivity contribution < 1.29 is 14.3 Å². The summed E-state index contributed by atoms with van der Waals surface area (Å²) in [5, 5.41) is 11.4. The molecule has 0 spiro atoms. The third-order valence-corrected chi connectivity index (χ3v) is 1.74. The molecule has 70 valence electrons. The van der Waals surface area contributed by atoms with Crippen LogP contribution in [0.2, 0.25) is 0 Å². The molecule has 0 aliphatic carbocycles. The van der Waals surface area contributed by atoms with Crippen molar-refractivity contribution in [3.05, 3.63) is 35.6 Å². The highest BCUT2D eigenvalue weighted by Crippen LogP contribution is 2.12. The lowest BCUT2D eigenvalue weighted by Crippen LogP contribution is -2.24. The van der Waals surface area contributed by atoms with E-state index in [1.54, 1.807) is 7.05 Å². The Bertz CT molecular complexity index is 297. The molecular formula is C9H10FNO2. The van der Waals surface area contributed by atoms with E-state index in [0.29, 0.717) is 5.56 Å². The molecule has 1 aromatic carbocycles. The Kier molecular flexibility index (Phi) is 2.97. The van der Waals surface area contributed by atoms with E-state index in [1.165, 1.54) is 24.3 Å². The minimum absolute atomic E-state index is 0.371. The van der Waals surface area contributed by atoms with E-state index in [4.69, 9.17) is 5.11 Å². The molecule has 0 saturated carbocycles. The van der Waals surface area contributed by atoms with E-state index >= 15 is 0 Å². The molecule has 0 heterocycles. The van der Waals surface area contributed by atoms with Crippen molar-refractivity contribution in [3.63, 3.8) is 0 Å². The van der Waals surface area contributed by atoms with Crippen LogP contribution in [0.4, 0.5) is 4.39 Å². The first-order valence-electron chi connectivity index (χ1n) is 3.80. The average Bonchev–Trinajstić information content (AvgIpc) is 2.09. The molecule has 0 aromatic heterocycles. The van der Waals surface area contributed by atoms with Crippen molar-refractivity contribution in [1.82, 2.24) is 5.32 Å². The second-order valence-electron chi connectivity index (χ2n) is 2.61. The van der Waals surface area contributed by atoms with Crippen LogP contribution in [0, 0.1) is 5.82 Å². The van der Waals surface area contributed by atoms with Crippen LogP contribution in [0.3, 0.4) is 0 Å². The monoisotopic (exact) mass is 183 g/mol. The second-order valence-corrected chi connectivity index (χ2v) is 2.61. The zero-order chi connectivity index (χ0) is 9.84. The smallest absolute Gasteiger partial charge is 0.325 e. The average molecular weight is 183 g/mol. The summed E-state index contributed by atoms with van der Waals surface area (Å²) in [4.78, 5) is 10.7. The number of halogens is 1. The van der Waals surface area contributed by atoms with Crippen LogP contribution in [-0.2, 0) is 4.79 Å². The predicted octanol–water partition coefficient (Wildman–Crippen LogP) is 1.17. The highest BCUT2D eigenvalue weighted by molar-refractivity contribution is 5.75. The van der Waals surface area contributed by atoms with E-state index in [-0.39, 0.29) is 5.82 Å². The number of nitrogens with one attached hydrogen (secondary N) is 1. The molecule has 0 radical (unpaired) electrons. The van der Waals surface area contributed by atoms with Gasteiger partial charge in [0.2, 0.25) is 0 Å². The minimum atomic E-state index is -0.978. The van der Waals surface area contributed by atoms with Gasteiger partial charge in [-0.1, -0.05) is 12.1 Å². The van der Waals surface area contributed by atoms with Crippen molar-refractivity contribution in [2.45, 2.75) is 6.04 Å². The Labute approximate surface area is 75.2 Å². The number of hydrogen-bond acceptors (Lipinski definition) is 2. The minimum Gasteiger partial charge on any atom is -0.480 e. The highest BCUT2D eigenvalue weighted by Gasteiger charge is 2.16. The van der Waals surface area contributed by atoms with Gasteiger partial charge in [-0.2, -0.15) is 0 Å². The van der Waals surface area contributed by atoms with Crippen LogP contribution in [-0.4, -0.2) is 18.1 Å². The quantitative estimate of drug-likeness (QED) is 0.739. The fourth-order valence-electron chi connectivity index (χ4n) is 1.09. The van der Waals surface area contributed by atoms with Gasteiger partial charge in [-0.05, 0) is 24.7 Å². The summed E-state index contributed by atoms with van der Waals surface area (Å²) in [6.07, 6.45) is 0. The fourth-order valence-corrected chi connectivity index (χ4v) is 1.09. The number of carboxylic acids is 1. The van der Waals surface area contributed by atoms with E-state index in [1.807, 2.05) is 0 Å². The van der Waals surface area contributed by atoms with E-state index in [2.05, 4.69) is 5.32 Å². The van der Waals surface area contributed by atoms with Gasteiger partial charge < -0.3 is 10.4 Å². The lowest BCUT2D eigenvalue weighted by molar-refractivity contribution is -0.139. The maximum atomic E-state index is 12.5. The number of benzene rings is 1. The van der Waals surface area contributed by atoms with Gasteiger partial charge in [-0.3, -0.25) is 4.79 Å². The van der Waals surface area contributed by atoms with Crippen LogP contribution in [0.15, 0.2) is 24.3 Å². The van der Waals surface area contributed by atoms with Gasteiger partial charge in [-0.15, -0.1) is 0 Å². The largest absolute Gasteiger partial charge is 0.480 e. The van der Waals surface area contributed by atoms with Crippen LogP contribution >= 0.6 is 0 Å². The summed E-state index contributed by atoms with van der Waals surface area (Å²) in [6.45, 7) is 0. The van der Waals surface area contributed by atoms with Crippen molar-refractivity contribution in [2.24, 2.45) is 0 Å². The second kappa shape index (κ2) is 4.00. The normalized spacial score (nSPS) is 12.5. The Hall–Kier alpha value is -1.42. The molecule has 1 unspecified atom stereocenters. The van der Waals surface area contributed by atoms with E-state index in [0.717, 1.165) is 0 Å². The molecule has 0 bridgehead atoms. The molecule has 3 nitrogen and oxygen atoms in total. The van der Waals surface area contributed by atoms with Crippen LogP contribution in [0.1, 0.15) is 11.6 Å². The Morgan fingerprint density at radius 3 is 2.38 bits per heavy atom. The molecule has 0 aliphatic heterocycles. The third kappa shape index (κ3) is 2.26. The Morgan fingerprint density at radius 1 is 1.46 bits per heavy atom. The van der Waals surface area contributed by atoms with Crippen LogP contribution in [0.5, 0.6) is 0 Å². The van der Waals surface area contributed by atoms with Crippen LogP contribution < -0.4 is 5.32 Å². The van der Waals surface area contributed by atoms with Gasteiger partial charge in [0.25, 0.3) is 0 Å². The Balaban J connectivity index is 2.92. The predicted molar refractivity (Wildman–Crippen MR) is 45.8 cm³/mol. The maximum absolute atomic E-state index is 12.5. The number of rotatable bonds is 3. The van der Waals surface area contributed by atoms with Crippen molar-refractivity contribution in [1.29, 1.82) is 0 Å². The first-order valence-corrected chi connectivity index (χ1v) is 3.80. The fraction of sp³-hybridized carbons (Fsp3) is 0.222. The highest BCUT2D eigenvalue weighted by atomic mass is 19.1. The molecule has 0 fully saturated rings. The number of carbonyl (C=O) groups is 1. The molecule has 0 aliphatic rings. The molecule has 13 heavy (non-hydrogen) atoms. The topological polar surface area (TPSA) is 49.3 Å². The first-order chi connectivity index (χ1) is 6.15. The Morgan fingerprint density at radius 2 is 2.00 bits per heavy atom. The molecule has 1 atom stereocenters. The lowest BCUT2D eigenvalue weighted by atomic mass is 10.1. The number of likely N-dealkylation sites (N-methyl/N-ethyl adjacent to an activating group) is 1. The standard InChI is InChI=1S/C9H10FNO2/c1-11-8(9(12)13)6-2-4-7(10)5-3-6/h2-5,8,11H,1H3,(H,12,13). The van der Waals surface area contributed by atoms with Crippen LogP contribution in [0.25, 0.3) is 0 Å². The summed E-state index contributed by atoms with van der Waals surface area (Å²) in [5.74, 6) is -1.35. The van der Waals surface area contributed by atoms with Crippen molar-refractivity contribution in [2.75, 3.05) is 7.05 Å². The molecule has 0 amide bonds. The van der Waals surface area contributed by atoms with E-state index < -0.39 is 12.0 Å². The summed E-state index contributed by atoms with van der Waals surface area (Å²) in [7, 11) is 1.54.